The van der Waals surface area contributed by atoms with Crippen molar-refractivity contribution in [2.24, 2.45) is 5.73 Å². The van der Waals surface area contributed by atoms with Gasteiger partial charge in [0, 0.05) is 24.3 Å². The number of carboxylic acid groups (broad SMARTS) is 1. The Balaban J connectivity index is 1.92. The number of carbonyl (C=O) groups is 1. The Bertz CT molecular complexity index is 731. The van der Waals surface area contributed by atoms with Gasteiger partial charge in [-0.3, -0.25) is 10.2 Å². The first kappa shape index (κ1) is 18.3. The molecule has 0 fully saturated rings. The molecule has 6 heteroatoms. The van der Waals surface area contributed by atoms with Gasteiger partial charge in [-0.05, 0) is 48.2 Å². The highest BCUT2D eigenvalue weighted by atomic mass is 16.4. The van der Waals surface area contributed by atoms with Gasteiger partial charge in [0.15, 0.2) is 5.96 Å². The van der Waals surface area contributed by atoms with Gasteiger partial charge in [-0.25, -0.2) is 0 Å². The molecule has 2 aromatic carbocycles. The van der Waals surface area contributed by atoms with E-state index in [9.17, 15) is 4.79 Å². The van der Waals surface area contributed by atoms with Gasteiger partial charge in [0.1, 0.15) is 0 Å². The number of hydrogen-bond acceptors (Lipinski definition) is 3. The lowest BCUT2D eigenvalue weighted by molar-refractivity contribution is -0.137. The van der Waals surface area contributed by atoms with Gasteiger partial charge >= 0.3 is 5.97 Å². The number of unbranched alkanes of at least 4 members (excludes halogenated alkanes) is 2. The van der Waals surface area contributed by atoms with Crippen molar-refractivity contribution in [3.63, 3.8) is 0 Å². The van der Waals surface area contributed by atoms with Gasteiger partial charge in [-0.2, -0.15) is 0 Å². The highest BCUT2D eigenvalue weighted by Gasteiger charge is 2.02. The van der Waals surface area contributed by atoms with Crippen LogP contribution in [0, 0.1) is 5.41 Å². The van der Waals surface area contributed by atoms with Crippen molar-refractivity contribution < 1.29 is 9.90 Å². The molecule has 0 atom stereocenters. The summed E-state index contributed by atoms with van der Waals surface area (Å²) in [7, 11) is 0. The highest BCUT2D eigenvalue weighted by molar-refractivity contribution is 5.90. The van der Waals surface area contributed by atoms with Gasteiger partial charge in [0.25, 0.3) is 0 Å². The van der Waals surface area contributed by atoms with E-state index in [0.29, 0.717) is 6.42 Å². The van der Waals surface area contributed by atoms with Crippen LogP contribution in [0.2, 0.25) is 0 Å². The molecule has 2 aromatic rings. The number of nitrogens with one attached hydrogen (secondary N) is 3. The molecule has 0 bridgehead atoms. The van der Waals surface area contributed by atoms with Crippen molar-refractivity contribution in [1.29, 1.82) is 5.41 Å². The zero-order valence-electron chi connectivity index (χ0n) is 14.1. The summed E-state index contributed by atoms with van der Waals surface area (Å²) in [5.41, 5.74) is 9.29. The summed E-state index contributed by atoms with van der Waals surface area (Å²) in [5.74, 6) is -0.822. The number of benzene rings is 2. The van der Waals surface area contributed by atoms with Gasteiger partial charge in [0.05, 0.1) is 0 Å². The fourth-order valence-corrected chi connectivity index (χ4v) is 2.55. The average Bonchev–Trinajstić information content (AvgIpc) is 2.58. The summed E-state index contributed by atoms with van der Waals surface area (Å²) < 4.78 is 0. The Morgan fingerprint density at radius 3 is 2.28 bits per heavy atom. The molecule has 2 rings (SSSR count). The normalized spacial score (nSPS) is 10.2. The lowest BCUT2D eigenvalue weighted by Gasteiger charge is -2.10. The van der Waals surface area contributed by atoms with E-state index in [-0.39, 0.29) is 12.4 Å². The lowest BCUT2D eigenvalue weighted by Crippen LogP contribution is -2.20. The maximum absolute atomic E-state index is 10.5. The van der Waals surface area contributed by atoms with Gasteiger partial charge < -0.3 is 21.5 Å². The summed E-state index contributed by atoms with van der Waals surface area (Å²) in [5, 5.41) is 22.1. The van der Waals surface area contributed by atoms with Crippen LogP contribution in [0.5, 0.6) is 0 Å². The van der Waals surface area contributed by atoms with E-state index in [4.69, 9.17) is 16.2 Å². The molecule has 0 aliphatic carbocycles. The fraction of sp³-hybridized carbons (Fsp3) is 0.263. The molecule has 0 unspecified atom stereocenters. The molecular formula is C19H24N4O2. The number of rotatable bonds is 9. The number of hydrogen-bond donors (Lipinski definition) is 5. The van der Waals surface area contributed by atoms with E-state index in [1.165, 1.54) is 0 Å². The Morgan fingerprint density at radius 1 is 1.00 bits per heavy atom. The number of anilines is 2. The minimum absolute atomic E-state index is 0.0875. The van der Waals surface area contributed by atoms with Crippen molar-refractivity contribution in [1.82, 2.24) is 0 Å². The van der Waals surface area contributed by atoms with E-state index in [0.717, 1.165) is 41.9 Å². The third-order valence-electron chi connectivity index (χ3n) is 3.73. The molecule has 0 aliphatic heterocycles. The third kappa shape index (κ3) is 6.55. The van der Waals surface area contributed by atoms with Crippen LogP contribution in [0.3, 0.4) is 0 Å². The maximum atomic E-state index is 10.5. The zero-order valence-corrected chi connectivity index (χ0v) is 14.1. The standard InChI is InChI=1S/C19H24N4O2/c20-19(21)23-17-9-5-7-15(13-17)14-6-4-8-16(12-14)22-11-3-1-2-10-18(24)25/h4-9,12-13,22H,1-3,10-11H2,(H,24,25)(H4,20,21,23). The number of aliphatic carboxylic acids is 1. The van der Waals surface area contributed by atoms with E-state index in [1.807, 2.05) is 42.5 Å². The van der Waals surface area contributed by atoms with Crippen molar-refractivity contribution in [3.05, 3.63) is 48.5 Å². The minimum Gasteiger partial charge on any atom is -0.481 e. The smallest absolute Gasteiger partial charge is 0.303 e. The fourth-order valence-electron chi connectivity index (χ4n) is 2.55. The first-order chi connectivity index (χ1) is 12.0. The molecule has 6 N–H and O–H groups in total. The molecule has 0 aliphatic rings. The molecular weight excluding hydrogens is 316 g/mol. The van der Waals surface area contributed by atoms with E-state index in [2.05, 4.69) is 16.7 Å². The van der Waals surface area contributed by atoms with Crippen LogP contribution in [-0.2, 0) is 4.79 Å². The number of guanidine groups is 1. The Morgan fingerprint density at radius 2 is 1.64 bits per heavy atom. The second-order valence-corrected chi connectivity index (χ2v) is 5.83. The Hall–Kier alpha value is -3.02. The maximum Gasteiger partial charge on any atom is 0.303 e. The lowest BCUT2D eigenvalue weighted by atomic mass is 10.0. The van der Waals surface area contributed by atoms with Crippen LogP contribution in [0.25, 0.3) is 11.1 Å². The van der Waals surface area contributed by atoms with Crippen molar-refractivity contribution >= 4 is 23.3 Å². The molecule has 25 heavy (non-hydrogen) atoms. The second-order valence-electron chi connectivity index (χ2n) is 5.83. The molecule has 0 saturated carbocycles. The van der Waals surface area contributed by atoms with Crippen LogP contribution in [0.15, 0.2) is 48.5 Å². The average molecular weight is 340 g/mol. The van der Waals surface area contributed by atoms with E-state index in [1.54, 1.807) is 0 Å². The predicted octanol–water partition coefficient (Wildman–Crippen LogP) is 3.72. The summed E-state index contributed by atoms with van der Waals surface area (Å²) >= 11 is 0. The van der Waals surface area contributed by atoms with Crippen molar-refractivity contribution in [2.75, 3.05) is 17.2 Å². The van der Waals surface area contributed by atoms with Crippen molar-refractivity contribution in [2.45, 2.75) is 25.7 Å². The van der Waals surface area contributed by atoms with Gasteiger partial charge in [0.2, 0.25) is 0 Å². The molecule has 0 radical (unpaired) electrons. The van der Waals surface area contributed by atoms with Gasteiger partial charge in [-0.1, -0.05) is 30.7 Å². The summed E-state index contributed by atoms with van der Waals surface area (Å²) in [6.45, 7) is 0.814. The first-order valence-corrected chi connectivity index (χ1v) is 8.32. The Kier molecular flexibility index (Phi) is 6.83. The summed E-state index contributed by atoms with van der Waals surface area (Å²) in [6, 6.07) is 15.9. The highest BCUT2D eigenvalue weighted by Crippen LogP contribution is 2.25. The van der Waals surface area contributed by atoms with Crippen LogP contribution in [0.4, 0.5) is 11.4 Å². The molecule has 0 spiro atoms. The number of carboxylic acids is 1. The van der Waals surface area contributed by atoms with Crippen molar-refractivity contribution in [3.8, 4) is 11.1 Å². The first-order valence-electron chi connectivity index (χ1n) is 8.32. The predicted molar refractivity (Wildman–Crippen MR) is 102 cm³/mol. The summed E-state index contributed by atoms with van der Waals surface area (Å²) in [6.07, 6.45) is 2.79. The van der Waals surface area contributed by atoms with Crippen LogP contribution in [0.1, 0.15) is 25.7 Å². The topological polar surface area (TPSA) is 111 Å². The third-order valence-corrected chi connectivity index (χ3v) is 3.73. The largest absolute Gasteiger partial charge is 0.481 e. The molecule has 0 aromatic heterocycles. The second kappa shape index (κ2) is 9.32. The van der Waals surface area contributed by atoms with E-state index < -0.39 is 5.97 Å². The molecule has 6 nitrogen and oxygen atoms in total. The Labute approximate surface area is 147 Å². The minimum atomic E-state index is -0.734. The van der Waals surface area contributed by atoms with Crippen LogP contribution in [-0.4, -0.2) is 23.6 Å². The monoisotopic (exact) mass is 340 g/mol. The van der Waals surface area contributed by atoms with Crippen LogP contribution >= 0.6 is 0 Å². The molecule has 0 saturated heterocycles. The summed E-state index contributed by atoms with van der Waals surface area (Å²) in [4.78, 5) is 10.5. The van der Waals surface area contributed by atoms with E-state index >= 15 is 0 Å². The molecule has 0 heterocycles. The molecule has 0 amide bonds. The quantitative estimate of drug-likeness (QED) is 0.271. The van der Waals surface area contributed by atoms with Crippen LogP contribution < -0.4 is 16.4 Å². The zero-order chi connectivity index (χ0) is 18.1. The van der Waals surface area contributed by atoms with Gasteiger partial charge in [-0.15, -0.1) is 0 Å². The number of nitrogens with two attached hydrogens (primary N) is 1. The molecule has 132 valence electrons. The SMILES string of the molecule is N=C(N)Nc1cccc(-c2cccc(NCCCCCC(=O)O)c2)c1.